The van der Waals surface area contributed by atoms with E-state index in [2.05, 4.69) is 18.9 Å². The summed E-state index contributed by atoms with van der Waals surface area (Å²) in [5.41, 5.74) is 3.36. The summed E-state index contributed by atoms with van der Waals surface area (Å²) in [7, 11) is 0.605. The molecule has 2 N–H and O–H groups in total. The summed E-state index contributed by atoms with van der Waals surface area (Å²) >= 11 is 7.54. The minimum Gasteiger partial charge on any atom is -0.373 e. The topological polar surface area (TPSA) is 71.4 Å². The highest BCUT2D eigenvalue weighted by atomic mass is 35.5. The molecular formula is C24H30ClN5O2S2. The zero-order chi connectivity index (χ0) is 23.7. The Labute approximate surface area is 212 Å². The third-order valence-electron chi connectivity index (χ3n) is 6.86. The summed E-state index contributed by atoms with van der Waals surface area (Å²) in [5, 5.41) is 12.0. The number of hydrogen-bond acceptors (Lipinski definition) is 7. The van der Waals surface area contributed by atoms with Gasteiger partial charge in [0.05, 0.1) is 4.90 Å². The number of aliphatic hydroxyl groups is 1. The first-order valence-electron chi connectivity index (χ1n) is 11.7. The van der Waals surface area contributed by atoms with Crippen molar-refractivity contribution in [2.75, 3.05) is 36.5 Å². The van der Waals surface area contributed by atoms with Gasteiger partial charge in [0, 0.05) is 60.9 Å². The monoisotopic (exact) mass is 519 g/mol. The van der Waals surface area contributed by atoms with Crippen LogP contribution in [0.1, 0.15) is 24.8 Å². The first kappa shape index (κ1) is 23.9. The maximum Gasteiger partial charge on any atom is 0.161 e. The lowest BCUT2D eigenvalue weighted by Crippen LogP contribution is -2.47. The number of fused-ring (bicyclic) bond motifs is 1. The molecule has 3 aliphatic rings. The standard InChI is InChI=1S/C24H30ClN5O2S2/c1-28-16-26-33-24(28)27-34(32)21-7-5-20(6-8-21)29-13-10-17(11-14-29)23(31)30-12-2-3-18-15-19(25)4-9-22(18)30/h4-9,15-17,23-24,27,31H,2-3,10-14H2,1H3. The van der Waals surface area contributed by atoms with Crippen LogP contribution >= 0.6 is 23.5 Å². The lowest BCUT2D eigenvalue weighted by Gasteiger charge is -2.42. The Morgan fingerprint density at radius 3 is 2.65 bits per heavy atom. The molecule has 5 rings (SSSR count). The molecular weight excluding hydrogens is 490 g/mol. The number of hydrogen-bond donors (Lipinski definition) is 2. The molecule has 0 amide bonds. The van der Waals surface area contributed by atoms with Crippen molar-refractivity contribution in [2.45, 2.75) is 42.3 Å². The van der Waals surface area contributed by atoms with Crippen LogP contribution in [0.3, 0.4) is 0 Å². The molecule has 3 unspecified atom stereocenters. The van der Waals surface area contributed by atoms with Crippen LogP contribution in [0, 0.1) is 5.92 Å². The van der Waals surface area contributed by atoms with Gasteiger partial charge in [-0.3, -0.25) is 0 Å². The van der Waals surface area contributed by atoms with E-state index in [9.17, 15) is 9.32 Å². The molecule has 1 fully saturated rings. The summed E-state index contributed by atoms with van der Waals surface area (Å²) in [5.74, 6) is 0.233. The maximum atomic E-state index is 12.7. The van der Waals surface area contributed by atoms with Gasteiger partial charge in [-0.15, -0.1) is 0 Å². The molecule has 10 heteroatoms. The maximum absolute atomic E-state index is 12.7. The second kappa shape index (κ2) is 10.5. The number of rotatable bonds is 6. The molecule has 0 saturated carbocycles. The van der Waals surface area contributed by atoms with Gasteiger partial charge in [-0.1, -0.05) is 11.6 Å². The molecule has 1 saturated heterocycles. The van der Waals surface area contributed by atoms with Crippen LogP contribution in [0.25, 0.3) is 0 Å². The third kappa shape index (κ3) is 5.09. The first-order valence-corrected chi connectivity index (χ1v) is 14.0. The molecule has 0 aromatic heterocycles. The van der Waals surface area contributed by atoms with Crippen LogP contribution in [0.2, 0.25) is 5.02 Å². The average molecular weight is 520 g/mol. The number of aliphatic hydroxyl groups excluding tert-OH is 1. The van der Waals surface area contributed by atoms with Crippen LogP contribution in [-0.4, -0.2) is 59.0 Å². The number of nitrogens with one attached hydrogen (secondary N) is 1. The molecule has 2 aromatic rings. The Morgan fingerprint density at radius 1 is 1.18 bits per heavy atom. The van der Waals surface area contributed by atoms with Crippen molar-refractivity contribution in [3.8, 4) is 0 Å². The molecule has 0 spiro atoms. The summed E-state index contributed by atoms with van der Waals surface area (Å²) in [6.07, 6.45) is 5.16. The Bertz CT molecular complexity index is 1060. The molecule has 7 nitrogen and oxygen atoms in total. The fraction of sp³-hybridized carbons (Fsp3) is 0.458. The van der Waals surface area contributed by atoms with Crippen molar-refractivity contribution in [2.24, 2.45) is 10.3 Å². The third-order valence-corrected chi connectivity index (χ3v) is 9.25. The van der Waals surface area contributed by atoms with E-state index < -0.39 is 17.2 Å². The van der Waals surface area contributed by atoms with Crippen LogP contribution in [0.15, 0.2) is 51.8 Å². The van der Waals surface area contributed by atoms with Gasteiger partial charge in [-0.25, -0.2) is 13.3 Å². The lowest BCUT2D eigenvalue weighted by atomic mass is 9.92. The summed E-state index contributed by atoms with van der Waals surface area (Å²) in [4.78, 5) is 7.16. The van der Waals surface area contributed by atoms with E-state index in [-0.39, 0.29) is 11.4 Å². The van der Waals surface area contributed by atoms with Gasteiger partial charge in [0.2, 0.25) is 0 Å². The fourth-order valence-corrected chi connectivity index (χ4v) is 6.94. The normalized spacial score (nSPS) is 22.7. The van der Waals surface area contributed by atoms with Gasteiger partial charge in [0.25, 0.3) is 0 Å². The van der Waals surface area contributed by atoms with Crippen molar-refractivity contribution >= 4 is 52.2 Å². The molecule has 34 heavy (non-hydrogen) atoms. The highest BCUT2D eigenvalue weighted by molar-refractivity contribution is 7.99. The smallest absolute Gasteiger partial charge is 0.161 e. The van der Waals surface area contributed by atoms with Crippen molar-refractivity contribution in [3.05, 3.63) is 53.1 Å². The van der Waals surface area contributed by atoms with E-state index in [1.165, 1.54) is 17.5 Å². The van der Waals surface area contributed by atoms with Crippen molar-refractivity contribution < 1.29 is 9.32 Å². The number of piperidine rings is 1. The molecule has 2 aromatic carbocycles. The SMILES string of the molecule is CN1C=NSC1NS(=O)c1ccc(N2CCC(C(O)N3CCCc4cc(Cl)ccc43)CC2)cc1. The van der Waals surface area contributed by atoms with Gasteiger partial charge < -0.3 is 19.8 Å². The van der Waals surface area contributed by atoms with Crippen LogP contribution < -0.4 is 14.5 Å². The van der Waals surface area contributed by atoms with Gasteiger partial charge >= 0.3 is 0 Å². The minimum absolute atomic E-state index is 0.116. The number of nitrogens with zero attached hydrogens (tertiary/aromatic N) is 4. The van der Waals surface area contributed by atoms with Gasteiger partial charge in [0.15, 0.2) is 5.50 Å². The van der Waals surface area contributed by atoms with Gasteiger partial charge in [-0.2, -0.15) is 0 Å². The number of anilines is 2. The number of benzene rings is 2. The molecule has 0 aliphatic carbocycles. The average Bonchev–Trinajstić information content (AvgIpc) is 3.27. The van der Waals surface area contributed by atoms with E-state index in [0.717, 1.165) is 66.6 Å². The highest BCUT2D eigenvalue weighted by Crippen LogP contribution is 2.35. The van der Waals surface area contributed by atoms with Crippen molar-refractivity contribution in [1.82, 2.24) is 9.62 Å². The highest BCUT2D eigenvalue weighted by Gasteiger charge is 2.32. The minimum atomic E-state index is -1.30. The lowest BCUT2D eigenvalue weighted by molar-refractivity contribution is 0.0871. The second-order valence-electron chi connectivity index (χ2n) is 9.03. The van der Waals surface area contributed by atoms with E-state index >= 15 is 0 Å². The van der Waals surface area contributed by atoms with Crippen LogP contribution in [-0.2, 0) is 17.4 Å². The van der Waals surface area contributed by atoms with E-state index in [1.54, 1.807) is 6.34 Å². The zero-order valence-corrected chi connectivity index (χ0v) is 21.5. The van der Waals surface area contributed by atoms with Crippen molar-refractivity contribution in [1.29, 1.82) is 0 Å². The Kier molecular flexibility index (Phi) is 7.36. The summed E-state index contributed by atoms with van der Waals surface area (Å²) in [6.45, 7) is 2.67. The predicted octanol–water partition coefficient (Wildman–Crippen LogP) is 3.85. The number of halogens is 1. The van der Waals surface area contributed by atoms with E-state index in [0.29, 0.717) is 0 Å². The van der Waals surface area contributed by atoms with Crippen molar-refractivity contribution in [3.63, 3.8) is 0 Å². The molecule has 182 valence electrons. The zero-order valence-electron chi connectivity index (χ0n) is 19.1. The molecule has 3 heterocycles. The van der Waals surface area contributed by atoms with Gasteiger partial charge in [-0.05, 0) is 73.7 Å². The van der Waals surface area contributed by atoms with Crippen LogP contribution in [0.5, 0.6) is 0 Å². The Hall–Kier alpha value is -1.78. The first-order chi connectivity index (χ1) is 16.5. The molecule has 3 atom stereocenters. The molecule has 0 bridgehead atoms. The van der Waals surface area contributed by atoms with E-state index in [1.807, 2.05) is 54.4 Å². The largest absolute Gasteiger partial charge is 0.373 e. The molecule has 0 radical (unpaired) electrons. The van der Waals surface area contributed by atoms with Gasteiger partial charge in [0.1, 0.15) is 23.6 Å². The number of aryl methyl sites for hydroxylation is 1. The van der Waals surface area contributed by atoms with Crippen LogP contribution in [0.4, 0.5) is 11.4 Å². The molecule has 3 aliphatic heterocycles. The second-order valence-corrected chi connectivity index (χ2v) is 11.6. The summed E-state index contributed by atoms with van der Waals surface area (Å²) < 4.78 is 19.9. The predicted molar refractivity (Wildman–Crippen MR) is 142 cm³/mol. The van der Waals surface area contributed by atoms with E-state index in [4.69, 9.17) is 11.6 Å². The fourth-order valence-electron chi connectivity index (χ4n) is 4.92. The quantitative estimate of drug-likeness (QED) is 0.565. The Balaban J connectivity index is 1.17. The Morgan fingerprint density at radius 2 is 1.94 bits per heavy atom. The summed E-state index contributed by atoms with van der Waals surface area (Å²) in [6, 6.07) is 13.9.